The molecule has 0 fully saturated rings. The number of anilines is 1. The van der Waals surface area contributed by atoms with Gasteiger partial charge in [-0.2, -0.15) is 0 Å². The van der Waals surface area contributed by atoms with Crippen LogP contribution in [0.5, 0.6) is 0 Å². The molecule has 2 aromatic carbocycles. The topological polar surface area (TPSA) is 38.3 Å². The van der Waals surface area contributed by atoms with Gasteiger partial charge in [-0.1, -0.05) is 30.3 Å². The molecule has 0 aliphatic carbocycles. The van der Waals surface area contributed by atoms with Crippen molar-refractivity contribution in [2.45, 2.75) is 12.8 Å². The number of benzene rings is 2. The van der Waals surface area contributed by atoms with E-state index in [0.29, 0.717) is 6.54 Å². The molecule has 110 valence electrons. The Morgan fingerprint density at radius 3 is 2.57 bits per heavy atom. The average Bonchev–Trinajstić information content (AvgIpc) is 2.50. The number of carbonyl (C=O) groups is 1. The lowest BCUT2D eigenvalue weighted by atomic mass is 9.99. The van der Waals surface area contributed by atoms with Crippen molar-refractivity contribution in [3.05, 3.63) is 65.5 Å². The predicted octanol–water partition coefficient (Wildman–Crippen LogP) is 3.50. The minimum atomic E-state index is -0.402. The Morgan fingerprint density at radius 1 is 1.24 bits per heavy atom. The van der Waals surface area contributed by atoms with Crippen LogP contribution in [0.3, 0.4) is 0 Å². The van der Waals surface area contributed by atoms with E-state index in [0.717, 1.165) is 16.8 Å². The minimum Gasteiger partial charge on any atom is -0.468 e. The molecule has 3 nitrogen and oxygen atoms in total. The van der Waals surface area contributed by atoms with E-state index in [1.54, 1.807) is 6.07 Å². The van der Waals surface area contributed by atoms with Crippen molar-refractivity contribution < 1.29 is 13.9 Å². The molecule has 0 spiro atoms. The van der Waals surface area contributed by atoms with Crippen LogP contribution >= 0.6 is 0 Å². The van der Waals surface area contributed by atoms with Crippen LogP contribution in [0.15, 0.2) is 48.5 Å². The molecule has 2 rings (SSSR count). The Hall–Kier alpha value is -2.36. The van der Waals surface area contributed by atoms with E-state index in [2.05, 4.69) is 5.32 Å². The molecule has 0 aliphatic heterocycles. The Balaban J connectivity index is 2.15. The van der Waals surface area contributed by atoms with Gasteiger partial charge in [-0.3, -0.25) is 4.79 Å². The summed E-state index contributed by atoms with van der Waals surface area (Å²) >= 11 is 0. The molecule has 0 amide bonds. The number of esters is 1. The summed E-state index contributed by atoms with van der Waals surface area (Å²) in [4.78, 5) is 12.0. The zero-order valence-corrected chi connectivity index (χ0v) is 12.1. The number of hydrogen-bond donors (Lipinski definition) is 1. The second-order valence-electron chi connectivity index (χ2n) is 4.83. The standard InChI is InChI=1S/C17H18FNO2/c1-12-10-14(18)8-9-16(12)19-11-15(17(20)21-2)13-6-4-3-5-7-13/h3-10,15,19H,11H2,1-2H3. The van der Waals surface area contributed by atoms with Crippen LogP contribution in [0, 0.1) is 12.7 Å². The number of hydrogen-bond acceptors (Lipinski definition) is 3. The second kappa shape index (κ2) is 6.88. The van der Waals surface area contributed by atoms with E-state index in [1.807, 2.05) is 37.3 Å². The van der Waals surface area contributed by atoms with Gasteiger partial charge in [0.15, 0.2) is 0 Å². The second-order valence-corrected chi connectivity index (χ2v) is 4.83. The minimum absolute atomic E-state index is 0.273. The van der Waals surface area contributed by atoms with Gasteiger partial charge >= 0.3 is 5.97 Å². The van der Waals surface area contributed by atoms with Gasteiger partial charge in [-0.15, -0.1) is 0 Å². The Labute approximate surface area is 123 Å². The molecule has 0 saturated carbocycles. The first kappa shape index (κ1) is 15.0. The molecule has 0 radical (unpaired) electrons. The summed E-state index contributed by atoms with van der Waals surface area (Å²) in [6.45, 7) is 2.21. The van der Waals surface area contributed by atoms with Crippen LogP contribution in [0.2, 0.25) is 0 Å². The zero-order chi connectivity index (χ0) is 15.2. The molecule has 1 atom stereocenters. The number of nitrogens with one attached hydrogen (secondary N) is 1. The smallest absolute Gasteiger partial charge is 0.314 e. The van der Waals surface area contributed by atoms with Crippen LogP contribution in [-0.4, -0.2) is 19.6 Å². The fraction of sp³-hybridized carbons (Fsp3) is 0.235. The molecule has 1 unspecified atom stereocenters. The van der Waals surface area contributed by atoms with E-state index in [-0.39, 0.29) is 11.8 Å². The van der Waals surface area contributed by atoms with E-state index >= 15 is 0 Å². The summed E-state index contributed by atoms with van der Waals surface area (Å²) in [7, 11) is 1.38. The highest BCUT2D eigenvalue weighted by Gasteiger charge is 2.21. The van der Waals surface area contributed by atoms with Gasteiger partial charge in [0.2, 0.25) is 0 Å². The third-order valence-corrected chi connectivity index (χ3v) is 3.37. The van der Waals surface area contributed by atoms with E-state index < -0.39 is 5.92 Å². The van der Waals surface area contributed by atoms with Crippen LogP contribution in [0.4, 0.5) is 10.1 Å². The third-order valence-electron chi connectivity index (χ3n) is 3.37. The van der Waals surface area contributed by atoms with Crippen molar-refractivity contribution >= 4 is 11.7 Å². The van der Waals surface area contributed by atoms with Gasteiger partial charge < -0.3 is 10.1 Å². The molecule has 0 aromatic heterocycles. The SMILES string of the molecule is COC(=O)C(CNc1ccc(F)cc1C)c1ccccc1. The van der Waals surface area contributed by atoms with Crippen molar-refractivity contribution in [1.82, 2.24) is 0 Å². The van der Waals surface area contributed by atoms with E-state index in [4.69, 9.17) is 4.74 Å². The largest absolute Gasteiger partial charge is 0.468 e. The molecular formula is C17H18FNO2. The predicted molar refractivity (Wildman–Crippen MR) is 80.8 cm³/mol. The molecular weight excluding hydrogens is 269 g/mol. The Morgan fingerprint density at radius 2 is 1.95 bits per heavy atom. The van der Waals surface area contributed by atoms with Crippen molar-refractivity contribution in [2.24, 2.45) is 0 Å². The maximum absolute atomic E-state index is 13.1. The maximum Gasteiger partial charge on any atom is 0.314 e. The lowest BCUT2D eigenvalue weighted by molar-refractivity contribution is -0.142. The number of aryl methyl sites for hydroxylation is 1. The summed E-state index contributed by atoms with van der Waals surface area (Å²) in [5.74, 6) is -0.972. The van der Waals surface area contributed by atoms with E-state index in [9.17, 15) is 9.18 Å². The quantitative estimate of drug-likeness (QED) is 0.855. The number of methoxy groups -OCH3 is 1. The molecule has 0 saturated heterocycles. The van der Waals surface area contributed by atoms with Gasteiger partial charge in [-0.05, 0) is 36.2 Å². The fourth-order valence-corrected chi connectivity index (χ4v) is 2.20. The lowest BCUT2D eigenvalue weighted by Gasteiger charge is -2.17. The van der Waals surface area contributed by atoms with Crippen molar-refractivity contribution in [3.63, 3.8) is 0 Å². The fourth-order valence-electron chi connectivity index (χ4n) is 2.20. The summed E-state index contributed by atoms with van der Waals surface area (Å²) in [6, 6.07) is 14.0. The van der Waals surface area contributed by atoms with Gasteiger partial charge in [0.05, 0.1) is 13.0 Å². The van der Waals surface area contributed by atoms with Crippen molar-refractivity contribution in [2.75, 3.05) is 19.0 Å². The van der Waals surface area contributed by atoms with Gasteiger partial charge in [0.25, 0.3) is 0 Å². The van der Waals surface area contributed by atoms with Gasteiger partial charge in [0.1, 0.15) is 5.82 Å². The number of carbonyl (C=O) groups excluding carboxylic acids is 1. The van der Waals surface area contributed by atoms with Crippen LogP contribution < -0.4 is 5.32 Å². The normalized spacial score (nSPS) is 11.8. The third kappa shape index (κ3) is 3.81. The number of halogens is 1. The van der Waals surface area contributed by atoms with Gasteiger partial charge in [0, 0.05) is 12.2 Å². The summed E-state index contributed by atoms with van der Waals surface area (Å²) in [6.07, 6.45) is 0. The summed E-state index contributed by atoms with van der Waals surface area (Å²) < 4.78 is 18.0. The molecule has 1 N–H and O–H groups in total. The number of rotatable bonds is 5. The highest BCUT2D eigenvalue weighted by molar-refractivity contribution is 5.79. The van der Waals surface area contributed by atoms with Crippen molar-refractivity contribution in [3.8, 4) is 0 Å². The van der Waals surface area contributed by atoms with Crippen LogP contribution in [-0.2, 0) is 9.53 Å². The first-order valence-electron chi connectivity index (χ1n) is 6.74. The number of ether oxygens (including phenoxy) is 1. The molecule has 2 aromatic rings. The lowest BCUT2D eigenvalue weighted by Crippen LogP contribution is -2.22. The highest BCUT2D eigenvalue weighted by Crippen LogP contribution is 2.21. The molecule has 0 heterocycles. The Bertz CT molecular complexity index is 613. The molecule has 4 heteroatoms. The first-order chi connectivity index (χ1) is 10.1. The summed E-state index contributed by atoms with van der Waals surface area (Å²) in [5.41, 5.74) is 2.49. The first-order valence-corrected chi connectivity index (χ1v) is 6.74. The van der Waals surface area contributed by atoms with Gasteiger partial charge in [-0.25, -0.2) is 4.39 Å². The zero-order valence-electron chi connectivity index (χ0n) is 12.1. The molecule has 0 bridgehead atoms. The monoisotopic (exact) mass is 287 g/mol. The maximum atomic E-state index is 13.1. The van der Waals surface area contributed by atoms with E-state index in [1.165, 1.54) is 19.2 Å². The highest BCUT2D eigenvalue weighted by atomic mass is 19.1. The Kier molecular flexibility index (Phi) is 4.93. The summed E-state index contributed by atoms with van der Waals surface area (Å²) in [5, 5.41) is 3.19. The van der Waals surface area contributed by atoms with Crippen LogP contribution in [0.1, 0.15) is 17.0 Å². The van der Waals surface area contributed by atoms with Crippen LogP contribution in [0.25, 0.3) is 0 Å². The molecule has 0 aliphatic rings. The van der Waals surface area contributed by atoms with Crippen molar-refractivity contribution in [1.29, 1.82) is 0 Å². The average molecular weight is 287 g/mol. The molecule has 21 heavy (non-hydrogen) atoms.